The van der Waals surface area contributed by atoms with Crippen molar-refractivity contribution in [3.63, 3.8) is 0 Å². The third kappa shape index (κ3) is 8.12. The van der Waals surface area contributed by atoms with Crippen LogP contribution < -0.4 is 10.6 Å². The molecule has 0 saturated carbocycles. The average Bonchev–Trinajstić information content (AvgIpc) is 2.75. The predicted molar refractivity (Wildman–Crippen MR) is 130 cm³/mol. The summed E-state index contributed by atoms with van der Waals surface area (Å²) in [7, 11) is 1.75. The SMILES string of the molecule is CCCCNC(=O)c1ccc(CNC(=NC)N2CCCC(C(=O)OCC)C2)cc1.I. The summed E-state index contributed by atoms with van der Waals surface area (Å²) in [5, 5.41) is 6.29. The number of aliphatic imine (C=N–C) groups is 1. The van der Waals surface area contributed by atoms with Crippen LogP contribution in [0, 0.1) is 5.92 Å². The van der Waals surface area contributed by atoms with E-state index >= 15 is 0 Å². The van der Waals surface area contributed by atoms with Crippen LogP contribution in [0.1, 0.15) is 55.5 Å². The third-order valence-electron chi connectivity index (χ3n) is 5.04. The van der Waals surface area contributed by atoms with Crippen molar-refractivity contribution in [2.45, 2.75) is 46.1 Å². The normalized spacial score (nSPS) is 16.4. The molecule has 0 bridgehead atoms. The highest BCUT2D eigenvalue weighted by Gasteiger charge is 2.28. The Labute approximate surface area is 197 Å². The van der Waals surface area contributed by atoms with Crippen molar-refractivity contribution in [2.24, 2.45) is 10.9 Å². The van der Waals surface area contributed by atoms with Crippen molar-refractivity contribution in [1.82, 2.24) is 15.5 Å². The number of hydrogen-bond donors (Lipinski definition) is 2. The number of ether oxygens (including phenoxy) is 1. The summed E-state index contributed by atoms with van der Waals surface area (Å²) < 4.78 is 5.18. The van der Waals surface area contributed by atoms with Crippen LogP contribution in [0.2, 0.25) is 0 Å². The number of piperidine rings is 1. The zero-order valence-electron chi connectivity index (χ0n) is 18.3. The zero-order chi connectivity index (χ0) is 21.1. The smallest absolute Gasteiger partial charge is 0.310 e. The molecule has 8 heteroatoms. The van der Waals surface area contributed by atoms with E-state index in [0.717, 1.165) is 43.8 Å². The fourth-order valence-electron chi connectivity index (χ4n) is 3.39. The first-order chi connectivity index (χ1) is 14.1. The standard InChI is InChI=1S/C22H34N4O3.HI/c1-4-6-13-24-20(27)18-11-9-17(10-12-18)15-25-22(23-3)26-14-7-8-19(16-26)21(28)29-5-2;/h9-12,19H,4-8,13-16H2,1-3H3,(H,23,25)(H,24,27);1H. The van der Waals surface area contributed by atoms with Crippen LogP contribution in [0.25, 0.3) is 0 Å². The molecular weight excluding hydrogens is 495 g/mol. The lowest BCUT2D eigenvalue weighted by molar-refractivity contribution is -0.149. The van der Waals surface area contributed by atoms with Gasteiger partial charge < -0.3 is 20.3 Å². The number of unbranched alkanes of at least 4 members (excludes halogenated alkanes) is 1. The van der Waals surface area contributed by atoms with Gasteiger partial charge in [-0.1, -0.05) is 25.5 Å². The van der Waals surface area contributed by atoms with E-state index in [0.29, 0.717) is 31.8 Å². The molecule has 0 radical (unpaired) electrons. The summed E-state index contributed by atoms with van der Waals surface area (Å²) in [6.07, 6.45) is 3.84. The van der Waals surface area contributed by atoms with Crippen molar-refractivity contribution in [3.8, 4) is 0 Å². The first kappa shape index (κ1) is 26.2. The van der Waals surface area contributed by atoms with E-state index in [-0.39, 0.29) is 41.8 Å². The molecule has 1 aromatic rings. The molecule has 1 aromatic carbocycles. The summed E-state index contributed by atoms with van der Waals surface area (Å²) >= 11 is 0. The van der Waals surface area contributed by atoms with Gasteiger partial charge >= 0.3 is 5.97 Å². The summed E-state index contributed by atoms with van der Waals surface area (Å²) in [6, 6.07) is 7.59. The first-order valence-corrected chi connectivity index (χ1v) is 10.6. The molecular formula is C22H35IN4O3. The molecule has 168 valence electrons. The number of rotatable bonds is 8. The van der Waals surface area contributed by atoms with Crippen LogP contribution in [0.15, 0.2) is 29.3 Å². The molecule has 7 nitrogen and oxygen atoms in total. The Hall–Kier alpha value is -1.84. The highest BCUT2D eigenvalue weighted by molar-refractivity contribution is 14.0. The van der Waals surface area contributed by atoms with E-state index in [4.69, 9.17) is 4.74 Å². The lowest BCUT2D eigenvalue weighted by Crippen LogP contribution is -2.48. The number of benzene rings is 1. The van der Waals surface area contributed by atoms with Crippen molar-refractivity contribution >= 4 is 41.8 Å². The molecule has 1 unspecified atom stereocenters. The van der Waals surface area contributed by atoms with E-state index < -0.39 is 0 Å². The Kier molecular flexibility index (Phi) is 12.4. The van der Waals surface area contributed by atoms with Gasteiger partial charge in [-0.25, -0.2) is 0 Å². The maximum absolute atomic E-state index is 12.1. The molecule has 1 aliphatic rings. The molecule has 30 heavy (non-hydrogen) atoms. The second kappa shape index (κ2) is 14.2. The molecule has 2 rings (SSSR count). The van der Waals surface area contributed by atoms with Crippen molar-refractivity contribution < 1.29 is 14.3 Å². The number of carbonyl (C=O) groups excluding carboxylic acids is 2. The highest BCUT2D eigenvalue weighted by atomic mass is 127. The van der Waals surface area contributed by atoms with Gasteiger partial charge in [-0.2, -0.15) is 0 Å². The van der Waals surface area contributed by atoms with Crippen LogP contribution in [-0.4, -0.2) is 56.0 Å². The number of nitrogens with one attached hydrogen (secondary N) is 2. The zero-order valence-corrected chi connectivity index (χ0v) is 20.6. The minimum atomic E-state index is -0.125. The second-order valence-corrected chi connectivity index (χ2v) is 7.24. The monoisotopic (exact) mass is 530 g/mol. The van der Waals surface area contributed by atoms with Gasteiger partial charge in [0.05, 0.1) is 12.5 Å². The van der Waals surface area contributed by atoms with Crippen LogP contribution in [0.4, 0.5) is 0 Å². The number of guanidine groups is 1. The molecule has 1 saturated heterocycles. The number of esters is 1. The number of likely N-dealkylation sites (tertiary alicyclic amines) is 1. The van der Waals surface area contributed by atoms with E-state index in [1.807, 2.05) is 31.2 Å². The number of amides is 1. The van der Waals surface area contributed by atoms with Crippen LogP contribution in [0.5, 0.6) is 0 Å². The molecule has 1 heterocycles. The van der Waals surface area contributed by atoms with Gasteiger partial charge in [0.15, 0.2) is 5.96 Å². The van der Waals surface area contributed by atoms with E-state index in [1.54, 1.807) is 7.05 Å². The molecule has 2 N–H and O–H groups in total. The van der Waals surface area contributed by atoms with Gasteiger partial charge in [-0.05, 0) is 43.9 Å². The molecule has 0 aliphatic carbocycles. The van der Waals surface area contributed by atoms with E-state index in [2.05, 4.69) is 27.4 Å². The summed E-state index contributed by atoms with van der Waals surface area (Å²) in [4.78, 5) is 30.6. The van der Waals surface area contributed by atoms with Gasteiger partial charge in [0.1, 0.15) is 0 Å². The number of halogens is 1. The lowest BCUT2D eigenvalue weighted by Gasteiger charge is -2.34. The Bertz CT molecular complexity index is 694. The number of carbonyl (C=O) groups is 2. The van der Waals surface area contributed by atoms with Crippen molar-refractivity contribution in [1.29, 1.82) is 0 Å². The Morgan fingerprint density at radius 1 is 1.20 bits per heavy atom. The maximum Gasteiger partial charge on any atom is 0.310 e. The molecule has 0 aromatic heterocycles. The van der Waals surface area contributed by atoms with E-state index in [1.165, 1.54) is 0 Å². The van der Waals surface area contributed by atoms with Crippen LogP contribution >= 0.6 is 24.0 Å². The molecule has 1 atom stereocenters. The number of nitrogens with zero attached hydrogens (tertiary/aromatic N) is 2. The number of hydrogen-bond acceptors (Lipinski definition) is 4. The largest absolute Gasteiger partial charge is 0.466 e. The second-order valence-electron chi connectivity index (χ2n) is 7.24. The van der Waals surface area contributed by atoms with Gasteiger partial charge in [0.2, 0.25) is 0 Å². The fourth-order valence-corrected chi connectivity index (χ4v) is 3.39. The first-order valence-electron chi connectivity index (χ1n) is 10.6. The molecule has 1 fully saturated rings. The van der Waals surface area contributed by atoms with Gasteiger partial charge in [0.25, 0.3) is 5.91 Å². The molecule has 1 aliphatic heterocycles. The van der Waals surface area contributed by atoms with Gasteiger partial charge in [-0.15, -0.1) is 24.0 Å². The maximum atomic E-state index is 12.1. The highest BCUT2D eigenvalue weighted by Crippen LogP contribution is 2.18. The third-order valence-corrected chi connectivity index (χ3v) is 5.04. The summed E-state index contributed by atoms with van der Waals surface area (Å²) in [5.41, 5.74) is 1.73. The van der Waals surface area contributed by atoms with Gasteiger partial charge in [0, 0.05) is 38.8 Å². The molecule has 0 spiro atoms. The van der Waals surface area contributed by atoms with Crippen molar-refractivity contribution in [2.75, 3.05) is 33.3 Å². The Balaban J connectivity index is 0.00000450. The predicted octanol–water partition coefficient (Wildman–Crippen LogP) is 3.19. The van der Waals surface area contributed by atoms with Crippen LogP contribution in [-0.2, 0) is 16.1 Å². The summed E-state index contributed by atoms with van der Waals surface area (Å²) in [6.45, 7) is 7.14. The van der Waals surface area contributed by atoms with E-state index in [9.17, 15) is 9.59 Å². The Morgan fingerprint density at radius 3 is 2.57 bits per heavy atom. The van der Waals surface area contributed by atoms with Gasteiger partial charge in [-0.3, -0.25) is 14.6 Å². The minimum absolute atomic E-state index is 0. The van der Waals surface area contributed by atoms with Crippen LogP contribution in [0.3, 0.4) is 0 Å². The summed E-state index contributed by atoms with van der Waals surface area (Å²) in [5.74, 6) is 0.515. The lowest BCUT2D eigenvalue weighted by atomic mass is 9.98. The fraction of sp³-hybridized carbons (Fsp3) is 0.591. The molecule has 1 amide bonds. The minimum Gasteiger partial charge on any atom is -0.466 e. The average molecular weight is 530 g/mol. The van der Waals surface area contributed by atoms with Crippen molar-refractivity contribution in [3.05, 3.63) is 35.4 Å². The Morgan fingerprint density at radius 2 is 1.93 bits per heavy atom. The quantitative estimate of drug-likeness (QED) is 0.177. The topological polar surface area (TPSA) is 83.0 Å².